The molecule has 0 saturated carbocycles. The molecule has 0 spiro atoms. The van der Waals surface area contributed by atoms with Crippen LogP contribution < -0.4 is 10.3 Å². The van der Waals surface area contributed by atoms with Gasteiger partial charge in [0.25, 0.3) is 5.56 Å². The highest BCUT2D eigenvalue weighted by atomic mass is 16.5. The molecule has 1 atom stereocenters. The van der Waals surface area contributed by atoms with Crippen molar-refractivity contribution in [3.05, 3.63) is 57.8 Å². The lowest BCUT2D eigenvalue weighted by Crippen LogP contribution is -2.35. The lowest BCUT2D eigenvalue weighted by Gasteiger charge is -2.34. The Balaban J connectivity index is 1.50. The van der Waals surface area contributed by atoms with Crippen LogP contribution in [0.3, 0.4) is 0 Å². The van der Waals surface area contributed by atoms with Crippen molar-refractivity contribution in [3.8, 4) is 5.75 Å². The number of piperidine rings is 1. The summed E-state index contributed by atoms with van der Waals surface area (Å²) < 4.78 is 7.53. The molecule has 5 heteroatoms. The van der Waals surface area contributed by atoms with Crippen molar-refractivity contribution in [2.45, 2.75) is 44.7 Å². The van der Waals surface area contributed by atoms with Gasteiger partial charge >= 0.3 is 0 Å². The molecule has 2 aliphatic heterocycles. The summed E-state index contributed by atoms with van der Waals surface area (Å²) in [4.78, 5) is 18.7. The van der Waals surface area contributed by atoms with Gasteiger partial charge in [-0.05, 0) is 43.5 Å². The van der Waals surface area contributed by atoms with Crippen LogP contribution in [0.25, 0.3) is 0 Å². The molecule has 4 rings (SSSR count). The quantitative estimate of drug-likeness (QED) is 0.859. The van der Waals surface area contributed by atoms with E-state index in [1.807, 2.05) is 12.1 Å². The Morgan fingerprint density at radius 3 is 2.84 bits per heavy atom. The Morgan fingerprint density at radius 2 is 2.04 bits per heavy atom. The van der Waals surface area contributed by atoms with Crippen LogP contribution in [0, 0.1) is 0 Å². The second kappa shape index (κ2) is 7.00. The summed E-state index contributed by atoms with van der Waals surface area (Å²) in [6.45, 7) is 4.08. The van der Waals surface area contributed by atoms with E-state index in [0.717, 1.165) is 57.0 Å². The second-order valence-corrected chi connectivity index (χ2v) is 7.11. The van der Waals surface area contributed by atoms with Crippen molar-refractivity contribution in [2.24, 2.45) is 0 Å². The Morgan fingerprint density at radius 1 is 1.20 bits per heavy atom. The number of hydrogen-bond acceptors (Lipinski definition) is 4. The molecule has 0 bridgehead atoms. The van der Waals surface area contributed by atoms with Crippen molar-refractivity contribution in [1.82, 2.24) is 14.5 Å². The monoisotopic (exact) mass is 339 g/mol. The van der Waals surface area contributed by atoms with Crippen LogP contribution in [0.2, 0.25) is 0 Å². The smallest absolute Gasteiger partial charge is 0.273 e. The van der Waals surface area contributed by atoms with Crippen molar-refractivity contribution < 1.29 is 4.74 Å². The average Bonchev–Trinajstić information content (AvgIpc) is 3.10. The van der Waals surface area contributed by atoms with Crippen molar-refractivity contribution in [1.29, 1.82) is 0 Å². The minimum atomic E-state index is -0.0737. The van der Waals surface area contributed by atoms with Crippen molar-refractivity contribution in [3.63, 3.8) is 0 Å². The minimum Gasteiger partial charge on any atom is -0.497 e. The molecule has 0 amide bonds. The highest BCUT2D eigenvalue weighted by Gasteiger charge is 2.26. The predicted molar refractivity (Wildman–Crippen MR) is 97.1 cm³/mol. The van der Waals surface area contributed by atoms with Gasteiger partial charge in [-0.3, -0.25) is 9.69 Å². The molecule has 3 heterocycles. The minimum absolute atomic E-state index is 0.0737. The van der Waals surface area contributed by atoms with Crippen LogP contribution in [0.1, 0.15) is 42.3 Å². The first kappa shape index (κ1) is 16.3. The maximum atomic E-state index is 12.0. The Kier molecular flexibility index (Phi) is 4.57. The number of ether oxygens (including phenoxy) is 1. The van der Waals surface area contributed by atoms with Crippen molar-refractivity contribution >= 4 is 0 Å². The highest BCUT2D eigenvalue weighted by Crippen LogP contribution is 2.29. The zero-order chi connectivity index (χ0) is 17.2. The molecule has 0 aliphatic carbocycles. The Bertz CT molecular complexity index is 798. The van der Waals surface area contributed by atoms with E-state index in [9.17, 15) is 4.79 Å². The van der Waals surface area contributed by atoms with Gasteiger partial charge in [0.2, 0.25) is 0 Å². The first-order chi connectivity index (χ1) is 12.2. The van der Waals surface area contributed by atoms with E-state index in [2.05, 4.69) is 26.6 Å². The van der Waals surface area contributed by atoms with E-state index in [1.165, 1.54) is 17.7 Å². The molecule has 25 heavy (non-hydrogen) atoms. The number of aryl methyl sites for hydroxylation is 1. The zero-order valence-corrected chi connectivity index (χ0v) is 14.8. The summed E-state index contributed by atoms with van der Waals surface area (Å²) in [5.41, 5.74) is 2.43. The summed E-state index contributed by atoms with van der Waals surface area (Å²) in [6, 6.07) is 10.1. The maximum Gasteiger partial charge on any atom is 0.273 e. The number of rotatable bonds is 4. The molecule has 0 unspecified atom stereocenters. The SMILES string of the molecule is COc1ccc(CN2CCC[C@H](c3cc(=O)nc4n3CCC4)C2)cc1. The van der Waals surface area contributed by atoms with Crippen molar-refractivity contribution in [2.75, 3.05) is 20.2 Å². The summed E-state index contributed by atoms with van der Waals surface area (Å²) in [5.74, 6) is 2.31. The van der Waals surface area contributed by atoms with Gasteiger partial charge in [0, 0.05) is 43.7 Å². The second-order valence-electron chi connectivity index (χ2n) is 7.11. The third kappa shape index (κ3) is 3.47. The molecule has 1 aromatic heterocycles. The van der Waals surface area contributed by atoms with Gasteiger partial charge in [0.15, 0.2) is 0 Å². The van der Waals surface area contributed by atoms with Crippen LogP contribution in [-0.4, -0.2) is 34.7 Å². The fraction of sp³-hybridized carbons (Fsp3) is 0.500. The van der Waals surface area contributed by atoms with Gasteiger partial charge in [-0.15, -0.1) is 0 Å². The van der Waals surface area contributed by atoms with Gasteiger partial charge in [-0.25, -0.2) is 0 Å². The van der Waals surface area contributed by atoms with Gasteiger partial charge in [-0.1, -0.05) is 12.1 Å². The molecule has 2 aromatic rings. The Hall–Kier alpha value is -2.14. The average molecular weight is 339 g/mol. The number of likely N-dealkylation sites (tertiary alicyclic amines) is 1. The zero-order valence-electron chi connectivity index (χ0n) is 14.8. The van der Waals surface area contributed by atoms with Crippen LogP contribution >= 0.6 is 0 Å². The molecule has 0 radical (unpaired) electrons. The third-order valence-electron chi connectivity index (χ3n) is 5.40. The van der Waals surface area contributed by atoms with Crippen LogP contribution in [0.4, 0.5) is 0 Å². The van der Waals surface area contributed by atoms with E-state index in [-0.39, 0.29) is 5.56 Å². The highest BCUT2D eigenvalue weighted by molar-refractivity contribution is 5.27. The van der Waals surface area contributed by atoms with Crippen LogP contribution in [0.5, 0.6) is 5.75 Å². The largest absolute Gasteiger partial charge is 0.497 e. The number of aromatic nitrogens is 2. The number of methoxy groups -OCH3 is 1. The molecule has 1 saturated heterocycles. The van der Waals surface area contributed by atoms with E-state index >= 15 is 0 Å². The van der Waals surface area contributed by atoms with Crippen LogP contribution in [0.15, 0.2) is 35.1 Å². The topological polar surface area (TPSA) is 47.4 Å². The molecule has 0 N–H and O–H groups in total. The number of benzene rings is 1. The lowest BCUT2D eigenvalue weighted by atomic mass is 9.93. The number of hydrogen-bond donors (Lipinski definition) is 0. The molecular formula is C20H25N3O2. The van der Waals surface area contributed by atoms with E-state index in [1.54, 1.807) is 13.2 Å². The van der Waals surface area contributed by atoms with Gasteiger partial charge < -0.3 is 9.30 Å². The fourth-order valence-corrected chi connectivity index (χ4v) is 4.19. The molecule has 1 fully saturated rings. The first-order valence-electron chi connectivity index (χ1n) is 9.19. The summed E-state index contributed by atoms with van der Waals surface area (Å²) in [7, 11) is 1.69. The third-order valence-corrected chi connectivity index (χ3v) is 5.40. The van der Waals surface area contributed by atoms with E-state index < -0.39 is 0 Å². The molecule has 5 nitrogen and oxygen atoms in total. The number of nitrogens with zero attached hydrogens (tertiary/aromatic N) is 3. The standard InChI is InChI=1S/C20H25N3O2/c1-25-17-8-6-15(7-9-17)13-22-10-2-4-16(14-22)18-12-20(24)21-19-5-3-11-23(18)19/h6-9,12,16H,2-5,10-11,13-14H2,1H3/t16-/m0/s1. The summed E-state index contributed by atoms with van der Waals surface area (Å²) in [6.07, 6.45) is 4.37. The maximum absolute atomic E-state index is 12.0. The molecular weight excluding hydrogens is 314 g/mol. The first-order valence-corrected chi connectivity index (χ1v) is 9.19. The van der Waals surface area contributed by atoms with Gasteiger partial charge in [0.05, 0.1) is 7.11 Å². The molecule has 1 aromatic carbocycles. The lowest BCUT2D eigenvalue weighted by molar-refractivity contribution is 0.196. The summed E-state index contributed by atoms with van der Waals surface area (Å²) in [5, 5.41) is 0. The predicted octanol–water partition coefficient (Wildman–Crippen LogP) is 2.58. The van der Waals surface area contributed by atoms with Gasteiger partial charge in [0.1, 0.15) is 11.6 Å². The molecule has 132 valence electrons. The van der Waals surface area contributed by atoms with E-state index in [0.29, 0.717) is 5.92 Å². The Labute approximate surface area is 148 Å². The normalized spacial score (nSPS) is 20.4. The van der Waals surface area contributed by atoms with Gasteiger partial charge in [-0.2, -0.15) is 4.98 Å². The summed E-state index contributed by atoms with van der Waals surface area (Å²) >= 11 is 0. The number of fused-ring (bicyclic) bond motifs is 1. The van der Waals surface area contributed by atoms with Crippen LogP contribution in [-0.2, 0) is 19.5 Å². The van der Waals surface area contributed by atoms with E-state index in [4.69, 9.17) is 4.74 Å². The molecule has 2 aliphatic rings. The fourth-order valence-electron chi connectivity index (χ4n) is 4.19.